The monoisotopic (exact) mass is 268 g/mol. The number of nitrogens with one attached hydrogen (secondary N) is 1. The van der Waals surface area contributed by atoms with Gasteiger partial charge >= 0.3 is 0 Å². The third kappa shape index (κ3) is 3.06. The number of halogens is 2. The minimum absolute atomic E-state index is 0.226. The van der Waals surface area contributed by atoms with Crippen LogP contribution < -0.4 is 10.2 Å². The molecule has 1 aliphatic rings. The molecule has 1 aliphatic heterocycles. The third-order valence-electron chi connectivity index (χ3n) is 3.85. The minimum Gasteiger partial charge on any atom is -0.363 e. The lowest BCUT2D eigenvalue weighted by Crippen LogP contribution is -2.56. The lowest BCUT2D eigenvalue weighted by Gasteiger charge is -2.41. The van der Waals surface area contributed by atoms with Gasteiger partial charge in [-0.15, -0.1) is 0 Å². The van der Waals surface area contributed by atoms with Crippen molar-refractivity contribution in [2.24, 2.45) is 0 Å². The fourth-order valence-corrected chi connectivity index (χ4v) is 2.78. The molecule has 0 spiro atoms. The summed E-state index contributed by atoms with van der Waals surface area (Å²) in [5.74, 6) is -1.49. The normalized spacial score (nSPS) is 23.7. The lowest BCUT2D eigenvalue weighted by molar-refractivity contribution is 0.364. The Morgan fingerprint density at radius 3 is 2.79 bits per heavy atom. The van der Waals surface area contributed by atoms with E-state index in [0.717, 1.165) is 32.4 Å². The highest BCUT2D eigenvalue weighted by atomic mass is 19.2. The quantitative estimate of drug-likeness (QED) is 0.901. The molecule has 0 aromatic heterocycles. The number of nitrogens with zero attached hydrogens (tertiary/aromatic N) is 1. The second-order valence-corrected chi connectivity index (χ2v) is 5.18. The van der Waals surface area contributed by atoms with Crippen LogP contribution in [-0.2, 0) is 0 Å². The number of hydrogen-bond donors (Lipinski definition) is 1. The van der Waals surface area contributed by atoms with E-state index in [1.54, 1.807) is 12.1 Å². The molecule has 1 aromatic rings. The van der Waals surface area contributed by atoms with Crippen molar-refractivity contribution < 1.29 is 8.78 Å². The number of benzene rings is 1. The summed E-state index contributed by atoms with van der Waals surface area (Å²) in [4.78, 5) is 2.02. The SMILES string of the molecule is CCCC1CN(c2cccc(F)c2F)C(CC)CN1. The second-order valence-electron chi connectivity index (χ2n) is 5.18. The van der Waals surface area contributed by atoms with Gasteiger partial charge < -0.3 is 10.2 Å². The van der Waals surface area contributed by atoms with Crippen LogP contribution in [0.2, 0.25) is 0 Å². The maximum atomic E-state index is 14.0. The van der Waals surface area contributed by atoms with Crippen molar-refractivity contribution in [1.29, 1.82) is 0 Å². The van der Waals surface area contributed by atoms with Crippen LogP contribution in [0, 0.1) is 11.6 Å². The topological polar surface area (TPSA) is 15.3 Å². The van der Waals surface area contributed by atoms with E-state index in [-0.39, 0.29) is 6.04 Å². The van der Waals surface area contributed by atoms with Gasteiger partial charge in [-0.3, -0.25) is 0 Å². The summed E-state index contributed by atoms with van der Waals surface area (Å²) in [6.45, 7) is 5.79. The maximum absolute atomic E-state index is 14.0. The van der Waals surface area contributed by atoms with Crippen molar-refractivity contribution in [1.82, 2.24) is 5.32 Å². The molecule has 0 aliphatic carbocycles. The molecular formula is C15H22F2N2. The summed E-state index contributed by atoms with van der Waals surface area (Å²) in [5.41, 5.74) is 0.398. The molecule has 0 saturated carbocycles. The van der Waals surface area contributed by atoms with Crippen LogP contribution in [0.1, 0.15) is 33.1 Å². The van der Waals surface area contributed by atoms with Gasteiger partial charge in [-0.25, -0.2) is 8.78 Å². The molecule has 1 N–H and O–H groups in total. The smallest absolute Gasteiger partial charge is 0.182 e. The Morgan fingerprint density at radius 2 is 2.11 bits per heavy atom. The summed E-state index contributed by atoms with van der Waals surface area (Å²) in [6.07, 6.45) is 3.07. The first-order valence-corrected chi connectivity index (χ1v) is 7.11. The van der Waals surface area contributed by atoms with Gasteiger partial charge in [-0.05, 0) is 25.0 Å². The van der Waals surface area contributed by atoms with E-state index in [1.165, 1.54) is 6.07 Å². The van der Waals surface area contributed by atoms with Crippen molar-refractivity contribution in [2.45, 2.75) is 45.2 Å². The number of piperazine rings is 1. The first-order chi connectivity index (χ1) is 9.17. The zero-order valence-electron chi connectivity index (χ0n) is 11.6. The summed E-state index contributed by atoms with van der Waals surface area (Å²) in [7, 11) is 0. The number of anilines is 1. The van der Waals surface area contributed by atoms with Crippen LogP contribution in [0.25, 0.3) is 0 Å². The van der Waals surface area contributed by atoms with Crippen molar-refractivity contribution in [2.75, 3.05) is 18.0 Å². The van der Waals surface area contributed by atoms with E-state index in [9.17, 15) is 8.78 Å². The molecule has 2 atom stereocenters. The van der Waals surface area contributed by atoms with Gasteiger partial charge in [0, 0.05) is 25.2 Å². The predicted molar refractivity (Wildman–Crippen MR) is 74.5 cm³/mol. The average molecular weight is 268 g/mol. The van der Waals surface area contributed by atoms with Crippen LogP contribution in [0.15, 0.2) is 18.2 Å². The fourth-order valence-electron chi connectivity index (χ4n) is 2.78. The molecule has 106 valence electrons. The van der Waals surface area contributed by atoms with E-state index in [4.69, 9.17) is 0 Å². The molecule has 0 amide bonds. The van der Waals surface area contributed by atoms with Crippen LogP contribution in [0.4, 0.5) is 14.5 Å². The van der Waals surface area contributed by atoms with Crippen molar-refractivity contribution in [3.63, 3.8) is 0 Å². The van der Waals surface area contributed by atoms with E-state index in [2.05, 4.69) is 19.2 Å². The van der Waals surface area contributed by atoms with Gasteiger partial charge in [0.25, 0.3) is 0 Å². The average Bonchev–Trinajstić information content (AvgIpc) is 2.42. The van der Waals surface area contributed by atoms with Crippen LogP contribution in [0.5, 0.6) is 0 Å². The van der Waals surface area contributed by atoms with Gasteiger partial charge in [-0.2, -0.15) is 0 Å². The molecule has 2 rings (SSSR count). The van der Waals surface area contributed by atoms with Gasteiger partial charge in [0.15, 0.2) is 11.6 Å². The molecule has 0 bridgehead atoms. The van der Waals surface area contributed by atoms with Crippen molar-refractivity contribution in [3.05, 3.63) is 29.8 Å². The Balaban J connectivity index is 2.24. The second kappa shape index (κ2) is 6.33. The zero-order valence-corrected chi connectivity index (χ0v) is 11.6. The zero-order chi connectivity index (χ0) is 13.8. The summed E-state index contributed by atoms with van der Waals surface area (Å²) in [5, 5.41) is 3.50. The largest absolute Gasteiger partial charge is 0.363 e. The van der Waals surface area contributed by atoms with E-state index >= 15 is 0 Å². The van der Waals surface area contributed by atoms with Gasteiger partial charge in [-0.1, -0.05) is 26.3 Å². The Morgan fingerprint density at radius 1 is 1.32 bits per heavy atom. The van der Waals surface area contributed by atoms with E-state index in [0.29, 0.717) is 11.7 Å². The van der Waals surface area contributed by atoms with Gasteiger partial charge in [0.1, 0.15) is 0 Å². The lowest BCUT2D eigenvalue weighted by atomic mass is 10.0. The highest BCUT2D eigenvalue weighted by molar-refractivity contribution is 5.50. The summed E-state index contributed by atoms with van der Waals surface area (Å²) < 4.78 is 27.4. The fraction of sp³-hybridized carbons (Fsp3) is 0.600. The van der Waals surface area contributed by atoms with Crippen LogP contribution in [-0.4, -0.2) is 25.2 Å². The Bertz CT molecular complexity index is 423. The summed E-state index contributed by atoms with van der Waals surface area (Å²) in [6, 6.07) is 5.01. The molecule has 0 radical (unpaired) electrons. The highest BCUT2D eigenvalue weighted by Crippen LogP contribution is 2.26. The Labute approximate surface area is 113 Å². The molecule has 1 heterocycles. The maximum Gasteiger partial charge on any atom is 0.182 e. The van der Waals surface area contributed by atoms with E-state index < -0.39 is 11.6 Å². The van der Waals surface area contributed by atoms with Gasteiger partial charge in [0.2, 0.25) is 0 Å². The first-order valence-electron chi connectivity index (χ1n) is 7.11. The molecule has 2 nitrogen and oxygen atoms in total. The number of rotatable bonds is 4. The molecule has 1 aromatic carbocycles. The Hall–Kier alpha value is -1.16. The first kappa shape index (κ1) is 14.3. The molecule has 4 heteroatoms. The highest BCUT2D eigenvalue weighted by Gasteiger charge is 2.28. The third-order valence-corrected chi connectivity index (χ3v) is 3.85. The van der Waals surface area contributed by atoms with Gasteiger partial charge in [0.05, 0.1) is 5.69 Å². The number of hydrogen-bond acceptors (Lipinski definition) is 2. The predicted octanol–water partition coefficient (Wildman–Crippen LogP) is 3.32. The molecule has 1 saturated heterocycles. The van der Waals surface area contributed by atoms with Crippen LogP contribution >= 0.6 is 0 Å². The Kier molecular flexibility index (Phi) is 4.75. The summed E-state index contributed by atoms with van der Waals surface area (Å²) >= 11 is 0. The van der Waals surface area contributed by atoms with E-state index in [1.807, 2.05) is 4.90 Å². The molecular weight excluding hydrogens is 246 g/mol. The molecule has 2 unspecified atom stereocenters. The van der Waals surface area contributed by atoms with Crippen molar-refractivity contribution in [3.8, 4) is 0 Å². The van der Waals surface area contributed by atoms with Crippen molar-refractivity contribution >= 4 is 5.69 Å². The molecule has 19 heavy (non-hydrogen) atoms. The minimum atomic E-state index is -0.766. The molecule has 1 fully saturated rings. The standard InChI is InChI=1S/C15H22F2N2/c1-3-6-11-10-19(12(4-2)9-18-11)14-8-5-7-13(16)15(14)17/h5,7-8,11-12,18H,3-4,6,9-10H2,1-2H3. The van der Waals surface area contributed by atoms with Crippen LogP contribution in [0.3, 0.4) is 0 Å².